The smallest absolute Gasteiger partial charge is 0.259 e. The molecule has 4 nitrogen and oxygen atoms in total. The highest BCUT2D eigenvalue weighted by Crippen LogP contribution is 2.31. The Labute approximate surface area is 126 Å². The van der Waals surface area contributed by atoms with Crippen molar-refractivity contribution in [2.45, 2.75) is 4.90 Å². The summed E-state index contributed by atoms with van der Waals surface area (Å²) in [5.74, 6) is 1.89. The molecule has 0 N–H and O–H groups in total. The third-order valence-corrected chi connectivity index (χ3v) is 3.89. The van der Waals surface area contributed by atoms with E-state index in [-0.39, 0.29) is 0 Å². The first-order valence-corrected chi connectivity index (χ1v) is 7.44. The van der Waals surface area contributed by atoms with Gasteiger partial charge in [0.25, 0.3) is 5.89 Å². The van der Waals surface area contributed by atoms with Crippen molar-refractivity contribution in [1.29, 1.82) is 0 Å². The molecule has 0 amide bonds. The van der Waals surface area contributed by atoms with E-state index < -0.39 is 0 Å². The van der Waals surface area contributed by atoms with Gasteiger partial charge >= 0.3 is 0 Å². The number of benzene rings is 1. The summed E-state index contributed by atoms with van der Waals surface area (Å²) in [7, 11) is 0. The molecule has 0 unspecified atom stereocenters. The number of hydrogen-bond donors (Lipinski definition) is 0. The van der Waals surface area contributed by atoms with Crippen LogP contribution in [0, 0.1) is 0 Å². The molecule has 0 atom stereocenters. The molecular weight excluding hydrogens is 282 g/mol. The van der Waals surface area contributed by atoms with Gasteiger partial charge in [-0.2, -0.15) is 4.98 Å². The van der Waals surface area contributed by atoms with Crippen molar-refractivity contribution in [2.75, 3.05) is 5.75 Å². The molecule has 0 aliphatic carbocycles. The van der Waals surface area contributed by atoms with Gasteiger partial charge in [0.15, 0.2) is 0 Å². The van der Waals surface area contributed by atoms with E-state index in [1.807, 2.05) is 42.5 Å². The first kappa shape index (κ1) is 13.6. The topological polar surface area (TPSA) is 51.8 Å². The maximum atomic E-state index is 5.40. The molecule has 0 aliphatic heterocycles. The first-order valence-electron chi connectivity index (χ1n) is 6.45. The molecule has 2 aromatic heterocycles. The van der Waals surface area contributed by atoms with Crippen molar-refractivity contribution in [2.24, 2.45) is 0 Å². The maximum Gasteiger partial charge on any atom is 0.259 e. The minimum Gasteiger partial charge on any atom is -0.334 e. The second-order valence-electron chi connectivity index (χ2n) is 4.26. The molecule has 104 valence electrons. The van der Waals surface area contributed by atoms with Crippen LogP contribution in [0.5, 0.6) is 0 Å². The summed E-state index contributed by atoms with van der Waals surface area (Å²) in [5.41, 5.74) is 1.77. The average molecular weight is 295 g/mol. The molecule has 0 spiro atoms. The summed E-state index contributed by atoms with van der Waals surface area (Å²) in [6.07, 6.45) is 5.30. The third kappa shape index (κ3) is 3.03. The minimum atomic E-state index is 0.515. The zero-order chi connectivity index (χ0) is 14.5. The summed E-state index contributed by atoms with van der Waals surface area (Å²) < 4.78 is 5.40. The Hall–Kier alpha value is -2.40. The van der Waals surface area contributed by atoms with Crippen LogP contribution < -0.4 is 0 Å². The molecule has 0 fully saturated rings. The van der Waals surface area contributed by atoms with E-state index in [0.29, 0.717) is 11.7 Å². The Kier molecular flexibility index (Phi) is 4.12. The van der Waals surface area contributed by atoms with Crippen LogP contribution in [0.1, 0.15) is 0 Å². The van der Waals surface area contributed by atoms with E-state index in [4.69, 9.17) is 4.52 Å². The van der Waals surface area contributed by atoms with Gasteiger partial charge in [0.1, 0.15) is 0 Å². The highest BCUT2D eigenvalue weighted by Gasteiger charge is 2.13. The molecule has 5 heteroatoms. The van der Waals surface area contributed by atoms with E-state index in [1.165, 1.54) is 0 Å². The Morgan fingerprint density at radius 2 is 2.10 bits per heavy atom. The summed E-state index contributed by atoms with van der Waals surface area (Å²) in [6.45, 7) is 3.74. The predicted octanol–water partition coefficient (Wildman–Crippen LogP) is 4.08. The van der Waals surface area contributed by atoms with Crippen molar-refractivity contribution < 1.29 is 4.52 Å². The van der Waals surface area contributed by atoms with Crippen LogP contribution in [-0.2, 0) is 0 Å². The van der Waals surface area contributed by atoms with Gasteiger partial charge in [-0.05, 0) is 24.3 Å². The van der Waals surface area contributed by atoms with Crippen molar-refractivity contribution in [3.8, 4) is 22.8 Å². The van der Waals surface area contributed by atoms with Gasteiger partial charge in [-0.25, -0.2) is 0 Å². The Bertz CT molecular complexity index is 740. The quantitative estimate of drug-likeness (QED) is 0.524. The first-order chi connectivity index (χ1) is 10.4. The minimum absolute atomic E-state index is 0.515. The van der Waals surface area contributed by atoms with Gasteiger partial charge in [0.05, 0.1) is 5.56 Å². The van der Waals surface area contributed by atoms with Gasteiger partial charge in [-0.3, -0.25) is 4.98 Å². The van der Waals surface area contributed by atoms with E-state index in [0.717, 1.165) is 21.8 Å². The SMILES string of the molecule is C=CCSc1ccccc1-c1nc(-c2cccnc2)no1. The van der Waals surface area contributed by atoms with Crippen LogP contribution in [0.25, 0.3) is 22.8 Å². The number of nitrogens with zero attached hydrogens (tertiary/aromatic N) is 3. The lowest BCUT2D eigenvalue weighted by Gasteiger charge is -2.03. The molecule has 3 aromatic rings. The monoisotopic (exact) mass is 295 g/mol. The van der Waals surface area contributed by atoms with Crippen molar-refractivity contribution in [3.63, 3.8) is 0 Å². The molecule has 0 radical (unpaired) electrons. The lowest BCUT2D eigenvalue weighted by molar-refractivity contribution is 0.431. The summed E-state index contributed by atoms with van der Waals surface area (Å²) in [6, 6.07) is 11.7. The summed E-state index contributed by atoms with van der Waals surface area (Å²) in [4.78, 5) is 9.62. The number of rotatable bonds is 5. The third-order valence-electron chi connectivity index (χ3n) is 2.82. The van der Waals surface area contributed by atoms with E-state index in [9.17, 15) is 0 Å². The van der Waals surface area contributed by atoms with Crippen LogP contribution in [0.3, 0.4) is 0 Å². The van der Waals surface area contributed by atoms with Crippen molar-refractivity contribution in [1.82, 2.24) is 15.1 Å². The van der Waals surface area contributed by atoms with Gasteiger partial charge in [-0.1, -0.05) is 23.4 Å². The van der Waals surface area contributed by atoms with Gasteiger partial charge in [-0.15, -0.1) is 18.3 Å². The molecule has 0 bridgehead atoms. The fourth-order valence-electron chi connectivity index (χ4n) is 1.86. The van der Waals surface area contributed by atoms with Gasteiger partial charge < -0.3 is 4.52 Å². The second-order valence-corrected chi connectivity index (χ2v) is 5.32. The molecule has 0 saturated heterocycles. The molecule has 21 heavy (non-hydrogen) atoms. The molecule has 3 rings (SSSR count). The van der Waals surface area contributed by atoms with Gasteiger partial charge in [0.2, 0.25) is 5.82 Å². The molecule has 0 aliphatic rings. The zero-order valence-electron chi connectivity index (χ0n) is 11.3. The fraction of sp³-hybridized carbons (Fsp3) is 0.0625. The standard InChI is InChI=1S/C16H13N3OS/c1-2-10-21-14-8-4-3-7-13(14)16-18-15(19-20-16)12-6-5-9-17-11-12/h2-9,11H,1,10H2. The maximum absolute atomic E-state index is 5.40. The molecule has 0 saturated carbocycles. The second kappa shape index (κ2) is 6.37. The highest BCUT2D eigenvalue weighted by molar-refractivity contribution is 7.99. The van der Waals surface area contributed by atoms with E-state index >= 15 is 0 Å². The van der Waals surface area contributed by atoms with Crippen LogP contribution in [0.15, 0.2) is 70.9 Å². The normalized spacial score (nSPS) is 10.5. The fourth-order valence-corrected chi connectivity index (χ4v) is 2.65. The molecule has 1 aromatic carbocycles. The van der Waals surface area contributed by atoms with Crippen LogP contribution in [-0.4, -0.2) is 20.9 Å². The van der Waals surface area contributed by atoms with E-state index in [1.54, 1.807) is 24.2 Å². The van der Waals surface area contributed by atoms with Gasteiger partial charge in [0, 0.05) is 28.6 Å². The zero-order valence-corrected chi connectivity index (χ0v) is 12.1. The van der Waals surface area contributed by atoms with Crippen LogP contribution in [0.4, 0.5) is 0 Å². The van der Waals surface area contributed by atoms with Crippen molar-refractivity contribution in [3.05, 3.63) is 61.4 Å². The number of aromatic nitrogens is 3. The van der Waals surface area contributed by atoms with E-state index in [2.05, 4.69) is 21.7 Å². The lowest BCUT2D eigenvalue weighted by Crippen LogP contribution is -1.84. The predicted molar refractivity (Wildman–Crippen MR) is 83.9 cm³/mol. The molecule has 2 heterocycles. The average Bonchev–Trinajstić information content (AvgIpc) is 3.04. The van der Waals surface area contributed by atoms with Crippen LogP contribution in [0.2, 0.25) is 0 Å². The largest absolute Gasteiger partial charge is 0.334 e. The lowest BCUT2D eigenvalue weighted by atomic mass is 10.2. The summed E-state index contributed by atoms with van der Waals surface area (Å²) >= 11 is 1.69. The Morgan fingerprint density at radius 1 is 1.19 bits per heavy atom. The van der Waals surface area contributed by atoms with Crippen molar-refractivity contribution >= 4 is 11.8 Å². The number of hydrogen-bond acceptors (Lipinski definition) is 5. The van der Waals surface area contributed by atoms with Crippen LogP contribution >= 0.6 is 11.8 Å². The summed E-state index contributed by atoms with van der Waals surface area (Å²) in [5, 5.41) is 4.03. The Morgan fingerprint density at radius 3 is 2.90 bits per heavy atom. The molecular formula is C16H13N3OS. The number of pyridine rings is 1. The number of thioether (sulfide) groups is 1. The highest BCUT2D eigenvalue weighted by atomic mass is 32.2. The Balaban J connectivity index is 1.95.